The van der Waals surface area contributed by atoms with Crippen LogP contribution in [0.1, 0.15) is 36.8 Å². The third kappa shape index (κ3) is 4.60. The number of anilines is 1. The van der Waals surface area contributed by atoms with E-state index in [-0.39, 0.29) is 0 Å². The fourth-order valence-corrected chi connectivity index (χ4v) is 5.80. The normalized spacial score (nSPS) is 18.6. The van der Waals surface area contributed by atoms with Gasteiger partial charge >= 0.3 is 0 Å². The van der Waals surface area contributed by atoms with Crippen molar-refractivity contribution in [2.24, 2.45) is 11.8 Å². The zero-order valence-corrected chi connectivity index (χ0v) is 21.1. The number of pyridine rings is 1. The van der Waals surface area contributed by atoms with Gasteiger partial charge in [-0.15, -0.1) is 11.8 Å². The Hall–Kier alpha value is -2.18. The van der Waals surface area contributed by atoms with Gasteiger partial charge in [0.2, 0.25) is 0 Å². The van der Waals surface area contributed by atoms with Gasteiger partial charge in [-0.2, -0.15) is 5.10 Å². The topological polar surface area (TPSA) is 39.0 Å². The predicted octanol–water partition coefficient (Wildman–Crippen LogP) is 5.99. The quantitative estimate of drug-likeness (QED) is 0.382. The first-order valence-corrected chi connectivity index (χ1v) is 13.4. The fourth-order valence-electron chi connectivity index (χ4n) is 5.21. The molecular weight excluding hydrogens is 430 g/mol. The average Bonchev–Trinajstić information content (AvgIpc) is 3.55. The maximum Gasteiger partial charge on any atom is 0.142 e. The SMILES string of the molecule is COc1cc(C)cc(C)c1-c1cccc2c(N(CC3CC3)CC3CCCOC3)c(SC)nn12. The highest BCUT2D eigenvalue weighted by Gasteiger charge is 2.30. The predicted molar refractivity (Wildman–Crippen MR) is 137 cm³/mol. The van der Waals surface area contributed by atoms with Crippen LogP contribution < -0.4 is 9.64 Å². The van der Waals surface area contributed by atoms with Gasteiger partial charge in [0.25, 0.3) is 0 Å². The van der Waals surface area contributed by atoms with Crippen molar-refractivity contribution in [3.05, 3.63) is 41.5 Å². The number of hydrogen-bond acceptors (Lipinski definition) is 5. The summed E-state index contributed by atoms with van der Waals surface area (Å²) in [5, 5.41) is 6.24. The molecule has 0 amide bonds. The van der Waals surface area contributed by atoms with E-state index in [1.807, 2.05) is 0 Å². The number of aromatic nitrogens is 2. The molecule has 1 aliphatic heterocycles. The standard InChI is InChI=1S/C27H35N3O2S/c1-18-13-19(2)25(24(14-18)31-3)22-8-5-9-23-26(27(33-4)28-30(22)23)29(15-20-10-11-20)16-21-7-6-12-32-17-21/h5,8-9,13-14,20-21H,6-7,10-12,15-17H2,1-4H3. The summed E-state index contributed by atoms with van der Waals surface area (Å²) in [5.74, 6) is 2.29. The van der Waals surface area contributed by atoms with E-state index in [1.54, 1.807) is 18.9 Å². The lowest BCUT2D eigenvalue weighted by Crippen LogP contribution is -2.35. The highest BCUT2D eigenvalue weighted by atomic mass is 32.2. The minimum Gasteiger partial charge on any atom is -0.496 e. The second-order valence-corrected chi connectivity index (χ2v) is 10.5. The van der Waals surface area contributed by atoms with Crippen LogP contribution in [0.15, 0.2) is 35.4 Å². The number of fused-ring (bicyclic) bond motifs is 1. The van der Waals surface area contributed by atoms with Gasteiger partial charge in [0.1, 0.15) is 10.8 Å². The average molecular weight is 466 g/mol. The summed E-state index contributed by atoms with van der Waals surface area (Å²) >= 11 is 1.74. The van der Waals surface area contributed by atoms with Crippen molar-refractivity contribution in [2.45, 2.75) is 44.6 Å². The summed E-state index contributed by atoms with van der Waals surface area (Å²) in [5.41, 5.74) is 7.07. The van der Waals surface area contributed by atoms with E-state index in [1.165, 1.54) is 48.0 Å². The highest BCUT2D eigenvalue weighted by Crippen LogP contribution is 2.41. The molecule has 0 spiro atoms. The number of aryl methyl sites for hydroxylation is 2. The molecule has 1 unspecified atom stereocenters. The number of methoxy groups -OCH3 is 1. The van der Waals surface area contributed by atoms with Crippen LogP contribution in [0.25, 0.3) is 16.8 Å². The second kappa shape index (κ2) is 9.59. The van der Waals surface area contributed by atoms with Gasteiger partial charge in [0, 0.05) is 25.3 Å². The van der Waals surface area contributed by atoms with E-state index in [0.29, 0.717) is 5.92 Å². The lowest BCUT2D eigenvalue weighted by Gasteiger charge is -2.31. The van der Waals surface area contributed by atoms with Gasteiger partial charge in [-0.05, 0) is 86.9 Å². The number of ether oxygens (including phenoxy) is 2. The van der Waals surface area contributed by atoms with Crippen molar-refractivity contribution < 1.29 is 9.47 Å². The molecule has 0 N–H and O–H groups in total. The molecule has 1 atom stereocenters. The number of nitrogens with zero attached hydrogens (tertiary/aromatic N) is 3. The number of hydrogen-bond donors (Lipinski definition) is 0. The van der Waals surface area contributed by atoms with Crippen LogP contribution in [0.3, 0.4) is 0 Å². The van der Waals surface area contributed by atoms with Crippen LogP contribution in [0.4, 0.5) is 5.69 Å². The van der Waals surface area contributed by atoms with Gasteiger partial charge in [-0.3, -0.25) is 0 Å². The van der Waals surface area contributed by atoms with Gasteiger partial charge in [0.05, 0.1) is 30.6 Å². The van der Waals surface area contributed by atoms with Gasteiger partial charge in [0.15, 0.2) is 0 Å². The molecule has 33 heavy (non-hydrogen) atoms. The first-order chi connectivity index (χ1) is 16.1. The molecule has 5 nitrogen and oxygen atoms in total. The molecule has 1 aliphatic carbocycles. The van der Waals surface area contributed by atoms with Crippen LogP contribution in [0, 0.1) is 25.7 Å². The molecule has 0 bridgehead atoms. The van der Waals surface area contributed by atoms with E-state index in [4.69, 9.17) is 14.6 Å². The molecule has 5 rings (SSSR count). The highest BCUT2D eigenvalue weighted by molar-refractivity contribution is 7.98. The van der Waals surface area contributed by atoms with E-state index >= 15 is 0 Å². The van der Waals surface area contributed by atoms with Crippen molar-refractivity contribution in [3.63, 3.8) is 0 Å². The van der Waals surface area contributed by atoms with Crippen LogP contribution in [0.2, 0.25) is 0 Å². The van der Waals surface area contributed by atoms with Gasteiger partial charge in [-0.1, -0.05) is 12.1 Å². The number of rotatable bonds is 8. The van der Waals surface area contributed by atoms with Crippen molar-refractivity contribution in [3.8, 4) is 17.0 Å². The van der Waals surface area contributed by atoms with Crippen molar-refractivity contribution in [1.29, 1.82) is 0 Å². The number of benzene rings is 1. The summed E-state index contributed by atoms with van der Waals surface area (Å²) in [7, 11) is 1.75. The Kier molecular flexibility index (Phi) is 6.57. The minimum absolute atomic E-state index is 0.588. The summed E-state index contributed by atoms with van der Waals surface area (Å²) in [4.78, 5) is 2.62. The van der Waals surface area contributed by atoms with Crippen molar-refractivity contribution in [2.75, 3.05) is 44.6 Å². The molecule has 1 aromatic carbocycles. The summed E-state index contributed by atoms with van der Waals surface area (Å²) < 4.78 is 13.8. The van der Waals surface area contributed by atoms with Gasteiger partial charge in [-0.25, -0.2) is 4.52 Å². The minimum atomic E-state index is 0.588. The zero-order chi connectivity index (χ0) is 22.9. The van der Waals surface area contributed by atoms with Crippen molar-refractivity contribution >= 4 is 23.0 Å². The van der Waals surface area contributed by atoms with Crippen LogP contribution in [-0.2, 0) is 4.74 Å². The van der Waals surface area contributed by atoms with E-state index < -0.39 is 0 Å². The second-order valence-electron chi connectivity index (χ2n) is 9.66. The first-order valence-electron chi connectivity index (χ1n) is 12.1. The smallest absolute Gasteiger partial charge is 0.142 e. The third-order valence-electron chi connectivity index (χ3n) is 6.94. The van der Waals surface area contributed by atoms with Crippen LogP contribution in [0.5, 0.6) is 5.75 Å². The maximum absolute atomic E-state index is 5.82. The zero-order valence-electron chi connectivity index (χ0n) is 20.3. The molecule has 1 saturated heterocycles. The molecule has 2 aliphatic rings. The Morgan fingerprint density at radius 2 is 1.97 bits per heavy atom. The molecule has 3 heterocycles. The van der Waals surface area contributed by atoms with Crippen LogP contribution in [-0.4, -0.2) is 49.3 Å². The summed E-state index contributed by atoms with van der Waals surface area (Å²) in [6.07, 6.45) is 7.25. The molecule has 2 aromatic heterocycles. The third-order valence-corrected chi connectivity index (χ3v) is 7.60. The Balaban J connectivity index is 1.63. The van der Waals surface area contributed by atoms with E-state index in [2.05, 4.69) is 59.9 Å². The molecule has 0 radical (unpaired) electrons. The molecule has 1 saturated carbocycles. The molecule has 176 valence electrons. The Morgan fingerprint density at radius 1 is 1.15 bits per heavy atom. The van der Waals surface area contributed by atoms with Gasteiger partial charge < -0.3 is 14.4 Å². The lowest BCUT2D eigenvalue weighted by molar-refractivity contribution is 0.0572. The molecule has 6 heteroatoms. The lowest BCUT2D eigenvalue weighted by atomic mass is 10.0. The maximum atomic E-state index is 5.82. The number of thioether (sulfide) groups is 1. The van der Waals surface area contributed by atoms with Crippen molar-refractivity contribution in [1.82, 2.24) is 9.61 Å². The largest absolute Gasteiger partial charge is 0.496 e. The van der Waals surface area contributed by atoms with E-state index in [9.17, 15) is 0 Å². The first kappa shape index (κ1) is 22.6. The van der Waals surface area contributed by atoms with Crippen LogP contribution >= 0.6 is 11.8 Å². The summed E-state index contributed by atoms with van der Waals surface area (Å²) in [6.45, 7) is 8.21. The molecule has 2 fully saturated rings. The molecule has 3 aromatic rings. The Bertz CT molecular complexity index is 1130. The monoisotopic (exact) mass is 465 g/mol. The van der Waals surface area contributed by atoms with E-state index in [0.717, 1.165) is 54.3 Å². The fraction of sp³-hybridized carbons (Fsp3) is 0.519. The Labute approximate surface area is 201 Å². The molecular formula is C27H35N3O2S. The Morgan fingerprint density at radius 3 is 2.67 bits per heavy atom. The summed E-state index contributed by atoms with van der Waals surface area (Å²) in [6, 6.07) is 10.9.